The van der Waals surface area contributed by atoms with Crippen molar-refractivity contribution in [3.05, 3.63) is 90.8 Å². The number of benzene rings is 2. The average Bonchev–Trinajstić information content (AvgIpc) is 3.56. The Kier molecular flexibility index (Phi) is 7.27. The Hall–Kier alpha value is -4.15. The molecule has 1 saturated heterocycles. The number of nitrogens with zero attached hydrogens (tertiary/aromatic N) is 4. The summed E-state index contributed by atoms with van der Waals surface area (Å²) in [5.74, 6) is 1.44. The molecular weight excluding hydrogens is 540 g/mol. The van der Waals surface area contributed by atoms with Crippen molar-refractivity contribution in [2.45, 2.75) is 19.9 Å². The molecule has 0 saturated carbocycles. The lowest BCUT2D eigenvalue weighted by molar-refractivity contribution is -0.139. The SMILES string of the molecule is CCOC(=O)C1=C(C)N=c2sc(=Cc3ccc(N4CCN(C)CC4)o3)c(=O)n2C1c1c(OC)ccc2ccccc12. The van der Waals surface area contributed by atoms with E-state index in [1.165, 1.54) is 11.3 Å². The number of methoxy groups -OCH3 is 1. The van der Waals surface area contributed by atoms with E-state index in [1.54, 1.807) is 31.6 Å². The van der Waals surface area contributed by atoms with Crippen LogP contribution in [0.15, 0.2) is 74.0 Å². The van der Waals surface area contributed by atoms with Crippen LogP contribution in [0.2, 0.25) is 0 Å². The fourth-order valence-electron chi connectivity index (χ4n) is 5.55. The number of hydrogen-bond donors (Lipinski definition) is 0. The van der Waals surface area contributed by atoms with Gasteiger partial charge < -0.3 is 23.7 Å². The molecule has 0 N–H and O–H groups in total. The number of esters is 1. The molecule has 1 fully saturated rings. The third-order valence-electron chi connectivity index (χ3n) is 7.64. The number of carbonyl (C=O) groups excluding carboxylic acids is 1. The number of hydrogen-bond acceptors (Lipinski definition) is 9. The predicted octanol–water partition coefficient (Wildman–Crippen LogP) is 3.30. The van der Waals surface area contributed by atoms with Gasteiger partial charge >= 0.3 is 5.97 Å². The summed E-state index contributed by atoms with van der Waals surface area (Å²) in [5, 5.41) is 1.85. The second-order valence-electron chi connectivity index (χ2n) is 10.2. The quantitative estimate of drug-likeness (QED) is 0.328. The van der Waals surface area contributed by atoms with Gasteiger partial charge in [-0.05, 0) is 43.8 Å². The second-order valence-corrected chi connectivity index (χ2v) is 11.2. The number of carbonyl (C=O) groups is 1. The Balaban J connectivity index is 1.52. The van der Waals surface area contributed by atoms with E-state index in [4.69, 9.17) is 18.9 Å². The molecule has 0 spiro atoms. The van der Waals surface area contributed by atoms with Crippen LogP contribution in [-0.2, 0) is 9.53 Å². The highest BCUT2D eigenvalue weighted by molar-refractivity contribution is 7.07. The highest BCUT2D eigenvalue weighted by atomic mass is 32.1. The Morgan fingerprint density at radius 2 is 1.90 bits per heavy atom. The molecule has 1 atom stereocenters. The molecule has 0 amide bonds. The summed E-state index contributed by atoms with van der Waals surface area (Å²) in [6, 6.07) is 14.7. The molecule has 9 nitrogen and oxygen atoms in total. The lowest BCUT2D eigenvalue weighted by Crippen LogP contribution is -2.44. The maximum atomic E-state index is 14.1. The van der Waals surface area contributed by atoms with Crippen LogP contribution in [0, 0.1) is 0 Å². The van der Waals surface area contributed by atoms with Crippen molar-refractivity contribution in [2.75, 3.05) is 51.8 Å². The third-order valence-corrected chi connectivity index (χ3v) is 8.62. The monoisotopic (exact) mass is 572 g/mol. The summed E-state index contributed by atoms with van der Waals surface area (Å²) in [4.78, 5) is 37.2. The van der Waals surface area contributed by atoms with Gasteiger partial charge in [0.15, 0.2) is 10.7 Å². The molecule has 6 rings (SSSR count). The van der Waals surface area contributed by atoms with Gasteiger partial charge in [0.2, 0.25) is 0 Å². The fraction of sp³-hybridized carbons (Fsp3) is 0.323. The van der Waals surface area contributed by atoms with E-state index in [0.717, 1.165) is 42.8 Å². The van der Waals surface area contributed by atoms with Crippen molar-refractivity contribution < 1.29 is 18.7 Å². The van der Waals surface area contributed by atoms with Crippen LogP contribution in [0.3, 0.4) is 0 Å². The van der Waals surface area contributed by atoms with E-state index >= 15 is 0 Å². The molecular formula is C31H32N4O5S. The average molecular weight is 573 g/mol. The molecule has 0 aliphatic carbocycles. The van der Waals surface area contributed by atoms with E-state index < -0.39 is 12.0 Å². The second kappa shape index (κ2) is 11.0. The van der Waals surface area contributed by atoms with Gasteiger partial charge in [-0.3, -0.25) is 9.36 Å². The van der Waals surface area contributed by atoms with Crippen molar-refractivity contribution in [1.29, 1.82) is 0 Å². The minimum absolute atomic E-state index is 0.202. The van der Waals surface area contributed by atoms with Crippen LogP contribution >= 0.6 is 11.3 Å². The maximum absolute atomic E-state index is 14.1. The molecule has 2 aliphatic rings. The first kappa shape index (κ1) is 27.0. The summed E-state index contributed by atoms with van der Waals surface area (Å²) in [6.07, 6.45) is 1.75. The minimum Gasteiger partial charge on any atom is -0.496 e. The van der Waals surface area contributed by atoms with Crippen molar-refractivity contribution in [1.82, 2.24) is 9.47 Å². The van der Waals surface area contributed by atoms with E-state index in [-0.39, 0.29) is 12.2 Å². The number of anilines is 1. The van der Waals surface area contributed by atoms with Gasteiger partial charge in [0.1, 0.15) is 17.6 Å². The lowest BCUT2D eigenvalue weighted by Gasteiger charge is -2.32. The smallest absolute Gasteiger partial charge is 0.338 e. The summed E-state index contributed by atoms with van der Waals surface area (Å²) < 4.78 is 19.5. The molecule has 212 valence electrons. The zero-order valence-electron chi connectivity index (χ0n) is 23.5. The number of allylic oxidation sites excluding steroid dienone is 1. The number of ether oxygens (including phenoxy) is 2. The summed E-state index contributed by atoms with van der Waals surface area (Å²) >= 11 is 1.27. The number of furan rings is 1. The Labute approximate surface area is 241 Å². The Morgan fingerprint density at radius 3 is 2.66 bits per heavy atom. The van der Waals surface area contributed by atoms with Crippen LogP contribution in [0.5, 0.6) is 5.75 Å². The lowest BCUT2D eigenvalue weighted by atomic mass is 9.90. The zero-order chi connectivity index (χ0) is 28.7. The van der Waals surface area contributed by atoms with Crippen molar-refractivity contribution >= 4 is 40.0 Å². The minimum atomic E-state index is -0.786. The number of piperazine rings is 1. The van der Waals surface area contributed by atoms with Crippen LogP contribution in [0.1, 0.15) is 31.2 Å². The molecule has 2 aliphatic heterocycles. The number of aromatic nitrogens is 1. The topological polar surface area (TPSA) is 89.5 Å². The highest BCUT2D eigenvalue weighted by Crippen LogP contribution is 2.40. The first-order valence-electron chi connectivity index (χ1n) is 13.7. The van der Waals surface area contributed by atoms with Gasteiger partial charge in [-0.1, -0.05) is 41.7 Å². The van der Waals surface area contributed by atoms with E-state index in [1.807, 2.05) is 48.5 Å². The largest absolute Gasteiger partial charge is 0.496 e. The third kappa shape index (κ3) is 4.87. The van der Waals surface area contributed by atoms with E-state index in [2.05, 4.69) is 16.8 Å². The van der Waals surface area contributed by atoms with E-state index in [9.17, 15) is 9.59 Å². The molecule has 41 heavy (non-hydrogen) atoms. The molecule has 0 radical (unpaired) electrons. The van der Waals surface area contributed by atoms with Crippen LogP contribution < -0.4 is 24.5 Å². The van der Waals surface area contributed by atoms with Gasteiger partial charge in [0.25, 0.3) is 5.56 Å². The number of fused-ring (bicyclic) bond motifs is 2. The van der Waals surface area contributed by atoms with Crippen LogP contribution in [-0.4, -0.2) is 62.4 Å². The first-order chi connectivity index (χ1) is 19.9. The first-order valence-corrected chi connectivity index (χ1v) is 14.5. The molecule has 0 bridgehead atoms. The summed E-state index contributed by atoms with van der Waals surface area (Å²) in [5.41, 5.74) is 1.27. The van der Waals surface area contributed by atoms with Gasteiger partial charge in [-0.25, -0.2) is 9.79 Å². The van der Waals surface area contributed by atoms with Crippen LogP contribution in [0.4, 0.5) is 5.88 Å². The van der Waals surface area contributed by atoms with E-state index in [0.29, 0.717) is 37.7 Å². The highest BCUT2D eigenvalue weighted by Gasteiger charge is 2.36. The van der Waals surface area contributed by atoms with Gasteiger partial charge in [-0.2, -0.15) is 0 Å². The predicted molar refractivity (Wildman–Crippen MR) is 159 cm³/mol. The number of likely N-dealkylation sites (N-methyl/N-ethyl adjacent to an activating group) is 1. The molecule has 4 heterocycles. The van der Waals surface area contributed by atoms with Gasteiger partial charge in [0.05, 0.1) is 29.5 Å². The number of rotatable bonds is 6. The molecule has 2 aromatic carbocycles. The summed E-state index contributed by atoms with van der Waals surface area (Å²) in [7, 11) is 3.70. The molecule has 1 unspecified atom stereocenters. The Bertz CT molecular complexity index is 1840. The van der Waals surface area contributed by atoms with Crippen molar-refractivity contribution in [3.8, 4) is 5.75 Å². The molecule has 2 aromatic heterocycles. The van der Waals surface area contributed by atoms with Gasteiger partial charge in [-0.15, -0.1) is 0 Å². The standard InChI is InChI=1S/C31H32N4O5S/c1-5-39-30(37)26-19(2)32-31-35(28(26)27-22-9-7-6-8-20(22)10-12-23(27)38-4)29(36)24(41-31)18-21-11-13-25(40-21)34-16-14-33(3)15-17-34/h6-13,18,28H,5,14-17H2,1-4H3. The normalized spacial score (nSPS) is 18.0. The number of thiazole rings is 1. The fourth-order valence-corrected chi connectivity index (χ4v) is 6.57. The Morgan fingerprint density at radius 1 is 1.12 bits per heavy atom. The maximum Gasteiger partial charge on any atom is 0.338 e. The molecule has 10 heteroatoms. The summed E-state index contributed by atoms with van der Waals surface area (Å²) in [6.45, 7) is 7.44. The van der Waals surface area contributed by atoms with Crippen molar-refractivity contribution in [2.24, 2.45) is 4.99 Å². The molecule has 4 aromatic rings. The zero-order valence-corrected chi connectivity index (χ0v) is 24.4. The van der Waals surface area contributed by atoms with Crippen LogP contribution in [0.25, 0.3) is 16.8 Å². The van der Waals surface area contributed by atoms with Crippen molar-refractivity contribution in [3.63, 3.8) is 0 Å². The van der Waals surface area contributed by atoms with Gasteiger partial charge in [0, 0.05) is 43.9 Å².